The van der Waals surface area contributed by atoms with Crippen molar-refractivity contribution in [2.45, 2.75) is 20.5 Å². The summed E-state index contributed by atoms with van der Waals surface area (Å²) in [5.41, 5.74) is 1.17. The number of hydrogen-bond donors (Lipinski definition) is 2. The molecule has 7 heteroatoms. The molecular weight excluding hydrogens is 282 g/mol. The van der Waals surface area contributed by atoms with Crippen molar-refractivity contribution < 1.29 is 23.0 Å². The highest BCUT2D eigenvalue weighted by molar-refractivity contribution is 5.90. The van der Waals surface area contributed by atoms with Gasteiger partial charge in [-0.2, -0.15) is 8.78 Å². The van der Waals surface area contributed by atoms with Gasteiger partial charge in [-0.1, -0.05) is 6.92 Å². The third kappa shape index (κ3) is 4.29. The van der Waals surface area contributed by atoms with Crippen LogP contribution in [0.25, 0.3) is 0 Å². The van der Waals surface area contributed by atoms with E-state index in [2.05, 4.69) is 15.4 Å². The van der Waals surface area contributed by atoms with Crippen LogP contribution in [0, 0.1) is 12.3 Å². The van der Waals surface area contributed by atoms with E-state index in [1.807, 2.05) is 6.92 Å². The molecule has 0 unspecified atom stereocenters. The Morgan fingerprint density at radius 1 is 1.48 bits per heavy atom. The molecule has 2 amide bonds. The van der Waals surface area contributed by atoms with Gasteiger partial charge < -0.3 is 20.1 Å². The van der Waals surface area contributed by atoms with Gasteiger partial charge in [0, 0.05) is 17.6 Å². The molecule has 0 spiro atoms. The number of hydrogen-bond acceptors (Lipinski definition) is 3. The standard InChI is InChI=1S/C14H18F2N2O3/c1-9-5-10(21-12(15)16)3-4-11(9)18-13(19)17-6-14(2)7-20-8-14/h3-5,12H,6-8H2,1-2H3,(H2,17,18,19). The molecule has 0 aromatic heterocycles. The van der Waals surface area contributed by atoms with E-state index >= 15 is 0 Å². The van der Waals surface area contributed by atoms with Gasteiger partial charge in [0.05, 0.1) is 13.2 Å². The largest absolute Gasteiger partial charge is 0.435 e. The van der Waals surface area contributed by atoms with E-state index in [4.69, 9.17) is 4.74 Å². The Balaban J connectivity index is 1.88. The van der Waals surface area contributed by atoms with E-state index in [9.17, 15) is 13.6 Å². The summed E-state index contributed by atoms with van der Waals surface area (Å²) in [6.45, 7) is 2.65. The number of carbonyl (C=O) groups is 1. The molecule has 0 bridgehead atoms. The number of aryl methyl sites for hydroxylation is 1. The number of rotatable bonds is 5. The molecule has 1 saturated heterocycles. The molecule has 0 radical (unpaired) electrons. The normalized spacial score (nSPS) is 16.2. The van der Waals surface area contributed by atoms with Gasteiger partial charge in [0.25, 0.3) is 0 Å². The van der Waals surface area contributed by atoms with Gasteiger partial charge in [0.1, 0.15) is 5.75 Å². The highest BCUT2D eigenvalue weighted by Gasteiger charge is 2.33. The van der Waals surface area contributed by atoms with Crippen LogP contribution in [0.5, 0.6) is 5.75 Å². The van der Waals surface area contributed by atoms with E-state index < -0.39 is 6.61 Å². The van der Waals surface area contributed by atoms with Crippen LogP contribution >= 0.6 is 0 Å². The average molecular weight is 300 g/mol. The number of carbonyl (C=O) groups excluding carboxylic acids is 1. The van der Waals surface area contributed by atoms with E-state index in [0.29, 0.717) is 31.0 Å². The van der Waals surface area contributed by atoms with Gasteiger partial charge in [-0.05, 0) is 30.7 Å². The minimum absolute atomic E-state index is 0.0126. The Morgan fingerprint density at radius 3 is 2.71 bits per heavy atom. The molecule has 0 saturated carbocycles. The second-order valence-electron chi connectivity index (χ2n) is 5.47. The molecule has 1 aliphatic heterocycles. The van der Waals surface area contributed by atoms with Crippen LogP contribution in [0.4, 0.5) is 19.3 Å². The van der Waals surface area contributed by atoms with Gasteiger partial charge in [-0.3, -0.25) is 0 Å². The predicted octanol–water partition coefficient (Wildman–Crippen LogP) is 2.75. The lowest BCUT2D eigenvalue weighted by Gasteiger charge is -2.37. The van der Waals surface area contributed by atoms with Gasteiger partial charge in [0.15, 0.2) is 0 Å². The molecule has 1 aliphatic rings. The first-order chi connectivity index (χ1) is 9.88. The number of halogens is 2. The summed E-state index contributed by atoms with van der Waals surface area (Å²) in [5.74, 6) is 0.0626. The van der Waals surface area contributed by atoms with Crippen LogP contribution in [0.1, 0.15) is 12.5 Å². The first-order valence-corrected chi connectivity index (χ1v) is 6.56. The maximum atomic E-state index is 12.1. The molecule has 5 nitrogen and oxygen atoms in total. The van der Waals surface area contributed by atoms with Crippen molar-refractivity contribution in [3.8, 4) is 5.75 Å². The second-order valence-corrected chi connectivity index (χ2v) is 5.47. The minimum atomic E-state index is -2.86. The average Bonchev–Trinajstić information content (AvgIpc) is 2.37. The van der Waals surface area contributed by atoms with Crippen molar-refractivity contribution >= 4 is 11.7 Å². The maximum Gasteiger partial charge on any atom is 0.387 e. The smallest absolute Gasteiger partial charge is 0.387 e. The summed E-state index contributed by atoms with van der Waals surface area (Å²) in [4.78, 5) is 11.8. The van der Waals surface area contributed by atoms with Gasteiger partial charge in [-0.25, -0.2) is 4.79 Å². The number of nitrogens with one attached hydrogen (secondary N) is 2. The zero-order valence-electron chi connectivity index (χ0n) is 11.9. The lowest BCUT2D eigenvalue weighted by atomic mass is 9.89. The quantitative estimate of drug-likeness (QED) is 0.879. The van der Waals surface area contributed by atoms with Gasteiger partial charge in [0.2, 0.25) is 0 Å². The number of amides is 2. The topological polar surface area (TPSA) is 59.6 Å². The Bertz CT molecular complexity index is 519. The Kier molecular flexibility index (Phi) is 4.62. The van der Waals surface area contributed by atoms with E-state index in [-0.39, 0.29) is 17.2 Å². The molecule has 2 N–H and O–H groups in total. The van der Waals surface area contributed by atoms with Gasteiger partial charge in [-0.15, -0.1) is 0 Å². The Morgan fingerprint density at radius 2 is 2.19 bits per heavy atom. The molecule has 21 heavy (non-hydrogen) atoms. The third-order valence-corrected chi connectivity index (χ3v) is 3.25. The first-order valence-electron chi connectivity index (χ1n) is 6.56. The van der Waals surface area contributed by atoms with Crippen LogP contribution in [0.3, 0.4) is 0 Å². The van der Waals surface area contributed by atoms with Crippen molar-refractivity contribution in [1.29, 1.82) is 0 Å². The Labute approximate surface area is 121 Å². The summed E-state index contributed by atoms with van der Waals surface area (Å²) in [6, 6.07) is 4.02. The number of ether oxygens (including phenoxy) is 2. The van der Waals surface area contributed by atoms with Crippen LogP contribution in [-0.2, 0) is 4.74 Å². The summed E-state index contributed by atoms with van der Waals surface area (Å²) in [5, 5.41) is 5.44. The molecule has 116 valence electrons. The van der Waals surface area contributed by atoms with Gasteiger partial charge >= 0.3 is 12.6 Å². The van der Waals surface area contributed by atoms with Crippen LogP contribution < -0.4 is 15.4 Å². The van der Waals surface area contributed by atoms with Crippen LogP contribution in [0.15, 0.2) is 18.2 Å². The summed E-state index contributed by atoms with van der Waals surface area (Å²) >= 11 is 0. The van der Waals surface area contributed by atoms with E-state index in [1.54, 1.807) is 6.92 Å². The van der Waals surface area contributed by atoms with Crippen molar-refractivity contribution in [3.05, 3.63) is 23.8 Å². The summed E-state index contributed by atoms with van der Waals surface area (Å²) in [6.07, 6.45) is 0. The van der Waals surface area contributed by atoms with E-state index in [1.165, 1.54) is 18.2 Å². The molecule has 2 rings (SSSR count). The van der Waals surface area contributed by atoms with E-state index in [0.717, 1.165) is 0 Å². The van der Waals surface area contributed by atoms with Crippen LogP contribution in [0.2, 0.25) is 0 Å². The van der Waals surface area contributed by atoms with Crippen molar-refractivity contribution in [2.75, 3.05) is 25.1 Å². The number of urea groups is 1. The zero-order chi connectivity index (χ0) is 15.5. The number of anilines is 1. The molecule has 0 atom stereocenters. The molecular formula is C14H18F2N2O3. The van der Waals surface area contributed by atoms with Crippen molar-refractivity contribution in [3.63, 3.8) is 0 Å². The number of alkyl halides is 2. The molecule has 1 aromatic carbocycles. The van der Waals surface area contributed by atoms with Crippen molar-refractivity contribution in [2.24, 2.45) is 5.41 Å². The minimum Gasteiger partial charge on any atom is -0.435 e. The fourth-order valence-electron chi connectivity index (χ4n) is 1.97. The summed E-state index contributed by atoms with van der Waals surface area (Å²) in [7, 11) is 0. The SMILES string of the molecule is Cc1cc(OC(F)F)ccc1NC(=O)NCC1(C)COC1. The molecule has 0 aliphatic carbocycles. The molecule has 1 aromatic rings. The lowest BCUT2D eigenvalue weighted by molar-refractivity contribution is -0.0974. The molecule has 1 heterocycles. The predicted molar refractivity (Wildman–Crippen MR) is 73.8 cm³/mol. The highest BCUT2D eigenvalue weighted by Crippen LogP contribution is 2.25. The fraction of sp³-hybridized carbons (Fsp3) is 0.500. The lowest BCUT2D eigenvalue weighted by Crippen LogP contribution is -2.49. The number of benzene rings is 1. The monoisotopic (exact) mass is 300 g/mol. The Hall–Kier alpha value is -1.89. The third-order valence-electron chi connectivity index (χ3n) is 3.25. The first kappa shape index (κ1) is 15.5. The maximum absolute atomic E-state index is 12.1. The second kappa shape index (κ2) is 6.26. The summed E-state index contributed by atoms with van der Waals surface area (Å²) < 4.78 is 33.6. The zero-order valence-corrected chi connectivity index (χ0v) is 11.9. The fourth-order valence-corrected chi connectivity index (χ4v) is 1.97. The van der Waals surface area contributed by atoms with Crippen molar-refractivity contribution in [1.82, 2.24) is 5.32 Å². The highest BCUT2D eigenvalue weighted by atomic mass is 19.3. The van der Waals surface area contributed by atoms with Crippen LogP contribution in [-0.4, -0.2) is 32.4 Å². The molecule has 1 fully saturated rings.